The first-order valence-electron chi connectivity index (χ1n) is 14.1. The van der Waals surface area contributed by atoms with Crippen molar-refractivity contribution in [1.29, 1.82) is 0 Å². The molecule has 0 aromatic heterocycles. The molecule has 0 radical (unpaired) electrons. The molecule has 0 fully saturated rings. The molecule has 3 aromatic carbocycles. The summed E-state index contributed by atoms with van der Waals surface area (Å²) in [5.74, 6) is -0.0500. The number of nitrogens with one attached hydrogen (secondary N) is 1. The molecule has 0 aliphatic carbocycles. The number of aliphatic hydroxyl groups excluding tert-OH is 1. The summed E-state index contributed by atoms with van der Waals surface area (Å²) >= 11 is 0. The summed E-state index contributed by atoms with van der Waals surface area (Å²) in [6.07, 6.45) is -0.00441. The second-order valence-corrected chi connectivity index (χ2v) is 12.1. The van der Waals surface area contributed by atoms with E-state index in [4.69, 9.17) is 25.1 Å². The van der Waals surface area contributed by atoms with Gasteiger partial charge in [-0.2, -0.15) is 0 Å². The molecular formula is C31H35N5O6S. The third-order valence-corrected chi connectivity index (χ3v) is 8.79. The summed E-state index contributed by atoms with van der Waals surface area (Å²) in [6, 6.07) is 22.2. The maximum Gasteiger partial charge on any atom is 0.252 e. The molecule has 2 N–H and O–H groups in total. The van der Waals surface area contributed by atoms with Crippen LogP contribution in [0.4, 0.5) is 0 Å². The molecule has 2 atom stereocenters. The zero-order chi connectivity index (χ0) is 30.7. The quantitative estimate of drug-likeness (QED) is 0.108. The number of nitrogens with zero attached hydrogens (tertiary/aromatic N) is 4. The van der Waals surface area contributed by atoms with Crippen molar-refractivity contribution in [1.82, 2.24) is 5.32 Å². The minimum atomic E-state index is -3.77. The lowest BCUT2D eigenvalue weighted by Crippen LogP contribution is -2.49. The number of carbonyl (C=O) groups excluding carboxylic acids is 1. The van der Waals surface area contributed by atoms with Crippen LogP contribution in [0.25, 0.3) is 10.4 Å². The Morgan fingerprint density at radius 1 is 1.12 bits per heavy atom. The van der Waals surface area contributed by atoms with Crippen LogP contribution in [0, 0.1) is 0 Å². The predicted molar refractivity (Wildman–Crippen MR) is 162 cm³/mol. The zero-order valence-corrected chi connectivity index (χ0v) is 24.7. The van der Waals surface area contributed by atoms with Crippen LogP contribution in [-0.4, -0.2) is 56.4 Å². The molecule has 0 spiro atoms. The van der Waals surface area contributed by atoms with Crippen molar-refractivity contribution in [3.05, 3.63) is 106 Å². The van der Waals surface area contributed by atoms with Crippen molar-refractivity contribution in [2.45, 2.75) is 49.3 Å². The Balaban J connectivity index is 1.80. The molecule has 0 bridgehead atoms. The number of rotatable bonds is 15. The number of sulfone groups is 1. The number of benzene rings is 3. The van der Waals surface area contributed by atoms with E-state index in [1.54, 1.807) is 66.7 Å². The Hall–Kier alpha value is -4.38. The number of aliphatic hydroxyl groups is 1. The fourth-order valence-corrected chi connectivity index (χ4v) is 6.20. The fourth-order valence-electron chi connectivity index (χ4n) is 4.82. The highest BCUT2D eigenvalue weighted by Crippen LogP contribution is 2.44. The van der Waals surface area contributed by atoms with Gasteiger partial charge in [0.1, 0.15) is 5.75 Å². The molecule has 43 heavy (non-hydrogen) atoms. The lowest BCUT2D eigenvalue weighted by molar-refractivity contribution is -0.129. The first-order valence-corrected chi connectivity index (χ1v) is 15.7. The van der Waals surface area contributed by atoms with E-state index < -0.39 is 27.4 Å². The van der Waals surface area contributed by atoms with E-state index in [0.717, 1.165) is 0 Å². The highest BCUT2D eigenvalue weighted by molar-refractivity contribution is 7.91. The number of aliphatic imine (C=N–C) groups is 1. The van der Waals surface area contributed by atoms with E-state index in [1.165, 1.54) is 12.1 Å². The molecule has 12 heteroatoms. The van der Waals surface area contributed by atoms with Crippen molar-refractivity contribution in [2.24, 2.45) is 10.1 Å². The SMILES string of the molecule is CCCNC(=O)[C@]1(CCS(=O)(=O)c2ccccc2)N=C(c2ccc(OCCCO)cc2)O[C@@H]1c1ccccc1CN=[N+]=[N-]. The van der Waals surface area contributed by atoms with Gasteiger partial charge >= 0.3 is 0 Å². The van der Waals surface area contributed by atoms with Gasteiger partial charge in [-0.1, -0.05) is 54.5 Å². The monoisotopic (exact) mass is 605 g/mol. The topological polar surface area (TPSA) is 163 Å². The molecule has 1 amide bonds. The normalized spacial score (nSPS) is 17.8. The largest absolute Gasteiger partial charge is 0.494 e. The first-order chi connectivity index (χ1) is 20.8. The fraction of sp³-hybridized carbons (Fsp3) is 0.355. The Morgan fingerprint density at radius 3 is 2.53 bits per heavy atom. The molecule has 0 saturated carbocycles. The van der Waals surface area contributed by atoms with Crippen molar-refractivity contribution < 1.29 is 27.8 Å². The first kappa shape index (κ1) is 31.6. The van der Waals surface area contributed by atoms with Gasteiger partial charge in [0.25, 0.3) is 5.91 Å². The van der Waals surface area contributed by atoms with E-state index in [9.17, 15) is 13.2 Å². The van der Waals surface area contributed by atoms with Crippen LogP contribution in [0.3, 0.4) is 0 Å². The lowest BCUT2D eigenvalue weighted by atomic mass is 9.83. The van der Waals surface area contributed by atoms with Gasteiger partial charge in [-0.3, -0.25) is 4.79 Å². The predicted octanol–water partition coefficient (Wildman–Crippen LogP) is 4.91. The van der Waals surface area contributed by atoms with Gasteiger partial charge < -0.3 is 19.9 Å². The highest BCUT2D eigenvalue weighted by Gasteiger charge is 2.54. The van der Waals surface area contributed by atoms with Crippen LogP contribution < -0.4 is 10.1 Å². The Bertz CT molecular complexity index is 1570. The number of amides is 1. The van der Waals surface area contributed by atoms with Crippen molar-refractivity contribution in [3.63, 3.8) is 0 Å². The van der Waals surface area contributed by atoms with Gasteiger partial charge in [0.15, 0.2) is 21.5 Å². The average Bonchev–Trinajstić information content (AvgIpc) is 3.43. The summed E-state index contributed by atoms with van der Waals surface area (Å²) in [5.41, 5.74) is 9.12. The molecule has 3 aromatic rings. The van der Waals surface area contributed by atoms with Crippen molar-refractivity contribution >= 4 is 21.6 Å². The summed E-state index contributed by atoms with van der Waals surface area (Å²) in [4.78, 5) is 21.9. The summed E-state index contributed by atoms with van der Waals surface area (Å²) < 4.78 is 38.9. The number of ether oxygens (including phenoxy) is 2. The maximum absolute atomic E-state index is 14.1. The second kappa shape index (κ2) is 14.7. The van der Waals surface area contributed by atoms with Gasteiger partial charge in [0, 0.05) is 36.5 Å². The van der Waals surface area contributed by atoms with E-state index in [1.807, 2.05) is 6.92 Å². The minimum absolute atomic E-state index is 0.0106. The lowest BCUT2D eigenvalue weighted by Gasteiger charge is -2.31. The molecule has 1 aliphatic rings. The Kier molecular flexibility index (Phi) is 10.8. The molecule has 11 nitrogen and oxygen atoms in total. The Morgan fingerprint density at radius 2 is 1.84 bits per heavy atom. The average molecular weight is 606 g/mol. The molecule has 0 unspecified atom stereocenters. The van der Waals surface area contributed by atoms with E-state index >= 15 is 0 Å². The highest BCUT2D eigenvalue weighted by atomic mass is 32.2. The Labute approximate surface area is 251 Å². The molecule has 226 valence electrons. The molecular weight excluding hydrogens is 570 g/mol. The van der Waals surface area contributed by atoms with Crippen LogP contribution in [-0.2, 0) is 25.9 Å². The van der Waals surface area contributed by atoms with Crippen LogP contribution in [0.2, 0.25) is 0 Å². The number of hydrogen-bond donors (Lipinski definition) is 2. The molecule has 4 rings (SSSR count). The van der Waals surface area contributed by atoms with E-state index in [-0.39, 0.29) is 36.1 Å². The maximum atomic E-state index is 14.1. The van der Waals surface area contributed by atoms with Crippen LogP contribution in [0.1, 0.15) is 49.0 Å². The number of carbonyl (C=O) groups is 1. The van der Waals surface area contributed by atoms with Crippen molar-refractivity contribution in [2.75, 3.05) is 25.5 Å². The van der Waals surface area contributed by atoms with Crippen molar-refractivity contribution in [3.8, 4) is 5.75 Å². The summed E-state index contributed by atoms with van der Waals surface area (Å²) in [6.45, 7) is 2.67. The van der Waals surface area contributed by atoms with Crippen LogP contribution >= 0.6 is 0 Å². The molecule has 1 heterocycles. The number of hydrogen-bond acceptors (Lipinski definition) is 8. The van der Waals surface area contributed by atoms with E-state index in [0.29, 0.717) is 48.4 Å². The third-order valence-electron chi connectivity index (χ3n) is 7.06. The van der Waals surface area contributed by atoms with E-state index in [2.05, 4.69) is 15.3 Å². The van der Waals surface area contributed by atoms with Gasteiger partial charge in [-0.25, -0.2) is 13.4 Å². The van der Waals surface area contributed by atoms with Gasteiger partial charge in [0.05, 0.1) is 23.8 Å². The second-order valence-electron chi connectivity index (χ2n) is 10.0. The molecule has 0 saturated heterocycles. The van der Waals surface area contributed by atoms with Gasteiger partial charge in [-0.05, 0) is 59.5 Å². The third kappa shape index (κ3) is 7.53. The molecule has 1 aliphatic heterocycles. The van der Waals surface area contributed by atoms with Gasteiger partial charge in [0.2, 0.25) is 5.90 Å². The smallest absolute Gasteiger partial charge is 0.252 e. The van der Waals surface area contributed by atoms with Crippen LogP contribution in [0.5, 0.6) is 5.75 Å². The number of azide groups is 1. The standard InChI is InChI=1S/C31H35N5O6S/c1-2-18-33-30(38)31(17-21-43(39,40)26-10-4-3-5-11-26)28(27-12-7-6-9-24(27)22-34-36-32)42-29(35-31)23-13-15-25(16-14-23)41-20-8-19-37/h3-7,9-16,28,37H,2,8,17-22H2,1H3,(H,33,38)/t28-,31-/m1/s1. The zero-order valence-electron chi connectivity index (χ0n) is 23.9. The summed E-state index contributed by atoms with van der Waals surface area (Å²) in [7, 11) is -3.77. The van der Waals surface area contributed by atoms with Crippen LogP contribution in [0.15, 0.2) is 93.9 Å². The van der Waals surface area contributed by atoms with Gasteiger partial charge in [-0.15, -0.1) is 0 Å². The minimum Gasteiger partial charge on any atom is -0.494 e. The summed E-state index contributed by atoms with van der Waals surface area (Å²) in [5, 5.41) is 15.7.